The van der Waals surface area contributed by atoms with Crippen LogP contribution in [0.3, 0.4) is 0 Å². The number of benzene rings is 1. The Morgan fingerprint density at radius 2 is 2.11 bits per heavy atom. The van der Waals surface area contributed by atoms with Gasteiger partial charge in [0.15, 0.2) is 0 Å². The van der Waals surface area contributed by atoms with E-state index in [0.717, 1.165) is 12.0 Å². The average molecular weight is 258 g/mol. The van der Waals surface area contributed by atoms with Crippen LogP contribution in [0.2, 0.25) is 0 Å². The third kappa shape index (κ3) is 3.13. The highest BCUT2D eigenvalue weighted by Gasteiger charge is 2.19. The number of nitrogen functional groups attached to an aromatic ring is 1. The van der Waals surface area contributed by atoms with Gasteiger partial charge < -0.3 is 10.6 Å². The number of amides is 1. The van der Waals surface area contributed by atoms with Gasteiger partial charge >= 0.3 is 0 Å². The van der Waals surface area contributed by atoms with Gasteiger partial charge in [-0.3, -0.25) is 9.89 Å². The van der Waals surface area contributed by atoms with Gasteiger partial charge in [-0.25, -0.2) is 0 Å². The Labute approximate surface area is 112 Å². The molecule has 0 aliphatic rings. The molecular weight excluding hydrogens is 240 g/mol. The average Bonchev–Trinajstić information content (AvgIpc) is 2.85. The predicted molar refractivity (Wildman–Crippen MR) is 74.5 cm³/mol. The van der Waals surface area contributed by atoms with Crippen LogP contribution in [0.5, 0.6) is 0 Å². The van der Waals surface area contributed by atoms with Crippen LogP contribution in [0.4, 0.5) is 5.69 Å². The largest absolute Gasteiger partial charge is 0.396 e. The maximum atomic E-state index is 12.4. The zero-order valence-corrected chi connectivity index (χ0v) is 11.0. The molecule has 1 aromatic carbocycles. The summed E-state index contributed by atoms with van der Waals surface area (Å²) < 4.78 is 0. The number of aromatic amines is 1. The van der Waals surface area contributed by atoms with Gasteiger partial charge in [-0.15, -0.1) is 0 Å². The van der Waals surface area contributed by atoms with Gasteiger partial charge in [0.05, 0.1) is 11.9 Å². The number of nitrogens with zero attached hydrogens (tertiary/aromatic N) is 2. The van der Waals surface area contributed by atoms with Gasteiger partial charge in [-0.2, -0.15) is 5.10 Å². The second-order valence-electron chi connectivity index (χ2n) is 4.41. The van der Waals surface area contributed by atoms with E-state index >= 15 is 0 Å². The summed E-state index contributed by atoms with van der Waals surface area (Å²) in [7, 11) is 0. The summed E-state index contributed by atoms with van der Waals surface area (Å²) in [5.41, 5.74) is 7.58. The Hall–Kier alpha value is -2.30. The molecule has 0 spiro atoms. The molecule has 2 rings (SSSR count). The first kappa shape index (κ1) is 13.1. The fourth-order valence-corrected chi connectivity index (χ4v) is 1.95. The molecular formula is C14H18N4O. The maximum Gasteiger partial charge on any atom is 0.274 e. The third-order valence-electron chi connectivity index (χ3n) is 2.88. The third-order valence-corrected chi connectivity index (χ3v) is 2.88. The molecule has 1 amide bonds. The Balaban J connectivity index is 2.16. The van der Waals surface area contributed by atoms with Crippen molar-refractivity contribution in [1.29, 1.82) is 0 Å². The molecule has 1 aromatic heterocycles. The quantitative estimate of drug-likeness (QED) is 0.861. The highest BCUT2D eigenvalue weighted by atomic mass is 16.2. The van der Waals surface area contributed by atoms with Crippen molar-refractivity contribution in [2.75, 3.05) is 12.3 Å². The van der Waals surface area contributed by atoms with Crippen molar-refractivity contribution in [1.82, 2.24) is 15.1 Å². The summed E-state index contributed by atoms with van der Waals surface area (Å²) >= 11 is 0. The Bertz CT molecular complexity index is 535. The summed E-state index contributed by atoms with van der Waals surface area (Å²) in [6.45, 7) is 3.31. The number of nitrogens with one attached hydrogen (secondary N) is 1. The molecule has 5 nitrogen and oxygen atoms in total. The van der Waals surface area contributed by atoms with E-state index in [4.69, 9.17) is 5.73 Å². The summed E-state index contributed by atoms with van der Waals surface area (Å²) in [6.07, 6.45) is 2.35. The number of anilines is 1. The number of H-pyrrole nitrogens is 1. The van der Waals surface area contributed by atoms with E-state index in [0.29, 0.717) is 24.5 Å². The van der Waals surface area contributed by atoms with Gasteiger partial charge in [0, 0.05) is 13.1 Å². The summed E-state index contributed by atoms with van der Waals surface area (Å²) in [5, 5.41) is 6.46. The van der Waals surface area contributed by atoms with Gasteiger partial charge in [0.2, 0.25) is 0 Å². The number of carbonyl (C=O) groups excluding carboxylic acids is 1. The van der Waals surface area contributed by atoms with Crippen molar-refractivity contribution in [2.45, 2.75) is 19.9 Å². The number of hydrogen-bond acceptors (Lipinski definition) is 3. The van der Waals surface area contributed by atoms with Gasteiger partial charge in [-0.1, -0.05) is 37.3 Å². The lowest BCUT2D eigenvalue weighted by Crippen LogP contribution is -2.32. The van der Waals surface area contributed by atoms with Crippen molar-refractivity contribution in [3.8, 4) is 0 Å². The van der Waals surface area contributed by atoms with Crippen LogP contribution in [0.25, 0.3) is 0 Å². The summed E-state index contributed by atoms with van der Waals surface area (Å²) in [5.74, 6) is -0.110. The first-order chi connectivity index (χ1) is 9.22. The highest BCUT2D eigenvalue weighted by Crippen LogP contribution is 2.13. The highest BCUT2D eigenvalue weighted by molar-refractivity contribution is 5.96. The minimum absolute atomic E-state index is 0.110. The zero-order chi connectivity index (χ0) is 13.7. The van der Waals surface area contributed by atoms with E-state index in [2.05, 4.69) is 10.2 Å². The molecule has 0 unspecified atom stereocenters. The van der Waals surface area contributed by atoms with Crippen LogP contribution in [0, 0.1) is 0 Å². The Morgan fingerprint density at radius 1 is 1.37 bits per heavy atom. The molecule has 2 aromatic rings. The molecule has 0 bridgehead atoms. The normalized spacial score (nSPS) is 10.4. The van der Waals surface area contributed by atoms with Gasteiger partial charge in [-0.05, 0) is 12.0 Å². The van der Waals surface area contributed by atoms with E-state index < -0.39 is 0 Å². The van der Waals surface area contributed by atoms with Crippen LogP contribution in [-0.2, 0) is 6.54 Å². The number of aromatic nitrogens is 2. The molecule has 0 aliphatic heterocycles. The monoisotopic (exact) mass is 258 g/mol. The smallest absolute Gasteiger partial charge is 0.274 e. The summed E-state index contributed by atoms with van der Waals surface area (Å²) in [6, 6.07) is 9.91. The standard InChI is InChI=1S/C14H18N4O/c1-2-8-18(10-11-6-4-3-5-7-11)14(19)13-12(15)9-16-17-13/h3-7,9H,2,8,10,15H2,1H3,(H,16,17). The van der Waals surface area contributed by atoms with Crippen molar-refractivity contribution < 1.29 is 4.79 Å². The predicted octanol–water partition coefficient (Wildman–Crippen LogP) is 2.04. The first-order valence-electron chi connectivity index (χ1n) is 6.34. The van der Waals surface area contributed by atoms with Crippen LogP contribution in [-0.4, -0.2) is 27.5 Å². The SMILES string of the molecule is CCCN(Cc1ccccc1)C(=O)c1[nH]ncc1N. The molecule has 100 valence electrons. The van der Waals surface area contributed by atoms with E-state index in [9.17, 15) is 4.79 Å². The van der Waals surface area contributed by atoms with Crippen molar-refractivity contribution in [2.24, 2.45) is 0 Å². The molecule has 1 heterocycles. The fourth-order valence-electron chi connectivity index (χ4n) is 1.95. The van der Waals surface area contributed by atoms with Crippen molar-refractivity contribution >= 4 is 11.6 Å². The van der Waals surface area contributed by atoms with E-state index in [1.54, 1.807) is 4.90 Å². The second kappa shape index (κ2) is 6.04. The Morgan fingerprint density at radius 3 is 2.68 bits per heavy atom. The summed E-state index contributed by atoms with van der Waals surface area (Å²) in [4.78, 5) is 14.2. The number of rotatable bonds is 5. The number of hydrogen-bond donors (Lipinski definition) is 2. The van der Waals surface area contributed by atoms with E-state index in [1.165, 1.54) is 6.20 Å². The number of nitrogens with two attached hydrogens (primary N) is 1. The maximum absolute atomic E-state index is 12.4. The number of carbonyl (C=O) groups is 1. The molecule has 3 N–H and O–H groups in total. The lowest BCUT2D eigenvalue weighted by molar-refractivity contribution is 0.0738. The molecule has 5 heteroatoms. The minimum atomic E-state index is -0.110. The molecule has 0 fully saturated rings. The molecule has 19 heavy (non-hydrogen) atoms. The first-order valence-corrected chi connectivity index (χ1v) is 6.34. The van der Waals surface area contributed by atoms with Gasteiger partial charge in [0.25, 0.3) is 5.91 Å². The Kier molecular flexibility index (Phi) is 4.18. The van der Waals surface area contributed by atoms with Crippen LogP contribution in [0.1, 0.15) is 29.4 Å². The second-order valence-corrected chi connectivity index (χ2v) is 4.41. The molecule has 0 saturated carbocycles. The van der Waals surface area contributed by atoms with Crippen molar-refractivity contribution in [3.63, 3.8) is 0 Å². The fraction of sp³-hybridized carbons (Fsp3) is 0.286. The van der Waals surface area contributed by atoms with E-state index in [-0.39, 0.29) is 5.91 Å². The van der Waals surface area contributed by atoms with Crippen LogP contribution in [0.15, 0.2) is 36.5 Å². The molecule has 0 radical (unpaired) electrons. The zero-order valence-electron chi connectivity index (χ0n) is 11.0. The topological polar surface area (TPSA) is 75.0 Å². The van der Waals surface area contributed by atoms with E-state index in [1.807, 2.05) is 37.3 Å². The lowest BCUT2D eigenvalue weighted by atomic mass is 10.2. The minimum Gasteiger partial charge on any atom is -0.396 e. The van der Waals surface area contributed by atoms with Gasteiger partial charge in [0.1, 0.15) is 5.69 Å². The van der Waals surface area contributed by atoms with Crippen molar-refractivity contribution in [3.05, 3.63) is 47.8 Å². The van der Waals surface area contributed by atoms with Crippen LogP contribution < -0.4 is 5.73 Å². The molecule has 0 aliphatic carbocycles. The lowest BCUT2D eigenvalue weighted by Gasteiger charge is -2.21. The molecule has 0 saturated heterocycles. The molecule has 0 atom stereocenters. The van der Waals surface area contributed by atoms with Crippen LogP contribution >= 0.6 is 0 Å².